The van der Waals surface area contributed by atoms with E-state index in [1.54, 1.807) is 0 Å². The van der Waals surface area contributed by atoms with Crippen molar-refractivity contribution >= 4 is 0 Å². The van der Waals surface area contributed by atoms with Gasteiger partial charge >= 0.3 is 0 Å². The van der Waals surface area contributed by atoms with Crippen LogP contribution in [0.15, 0.2) is 0 Å². The molecule has 0 aromatic rings. The molecule has 1 aliphatic carbocycles. The fraction of sp³-hybridized carbons (Fsp3) is 1.00. The fourth-order valence-corrected chi connectivity index (χ4v) is 0.840. The molecule has 2 unspecified atom stereocenters. The highest BCUT2D eigenvalue weighted by Gasteiger charge is 2.55. The lowest BCUT2D eigenvalue weighted by atomic mass is 10.1. The molecule has 41 valence electrons. The van der Waals surface area contributed by atoms with E-state index in [0.29, 0.717) is 5.92 Å². The van der Waals surface area contributed by atoms with Gasteiger partial charge < -0.3 is 0 Å². The van der Waals surface area contributed by atoms with Crippen LogP contribution in [-0.2, 0) is 5.11 Å². The van der Waals surface area contributed by atoms with Gasteiger partial charge in [0.15, 0.2) is 0 Å². The van der Waals surface area contributed by atoms with Gasteiger partial charge in [0.1, 0.15) is 6.10 Å². The van der Waals surface area contributed by atoms with Crippen LogP contribution in [0.1, 0.15) is 20.8 Å². The summed E-state index contributed by atoms with van der Waals surface area (Å²) in [7, 11) is 0. The van der Waals surface area contributed by atoms with E-state index in [0.717, 1.165) is 0 Å². The van der Waals surface area contributed by atoms with Crippen LogP contribution < -0.4 is 0 Å². The van der Waals surface area contributed by atoms with E-state index in [1.165, 1.54) is 0 Å². The third-order valence-corrected chi connectivity index (χ3v) is 2.25. The second-order valence-corrected chi connectivity index (χ2v) is 3.03. The first kappa shape index (κ1) is 5.10. The maximum absolute atomic E-state index is 10.6. The smallest absolute Gasteiger partial charge is 0.102 e. The van der Waals surface area contributed by atoms with Crippen molar-refractivity contribution in [3.05, 3.63) is 0 Å². The lowest BCUT2D eigenvalue weighted by molar-refractivity contribution is 0.138. The van der Waals surface area contributed by atoms with Gasteiger partial charge in [0.05, 0.1) is 0 Å². The minimum absolute atomic E-state index is 0.111. The summed E-state index contributed by atoms with van der Waals surface area (Å²) >= 11 is 0. The predicted molar refractivity (Wildman–Crippen MR) is 27.4 cm³/mol. The number of rotatable bonds is 0. The SMILES string of the molecule is CC1C([O])C1(C)C. The molecule has 0 aromatic carbocycles. The molecule has 0 bridgehead atoms. The normalized spacial score (nSPS) is 46.3. The van der Waals surface area contributed by atoms with Crippen molar-refractivity contribution in [1.29, 1.82) is 0 Å². The van der Waals surface area contributed by atoms with Crippen molar-refractivity contribution in [3.63, 3.8) is 0 Å². The first-order chi connectivity index (χ1) is 3.07. The van der Waals surface area contributed by atoms with Crippen molar-refractivity contribution in [3.8, 4) is 0 Å². The van der Waals surface area contributed by atoms with Crippen LogP contribution >= 0.6 is 0 Å². The van der Waals surface area contributed by atoms with Crippen molar-refractivity contribution in [2.45, 2.75) is 26.9 Å². The molecule has 1 rings (SSSR count). The topological polar surface area (TPSA) is 19.9 Å². The summed E-state index contributed by atoms with van der Waals surface area (Å²) < 4.78 is 0. The van der Waals surface area contributed by atoms with E-state index in [4.69, 9.17) is 0 Å². The molecule has 2 atom stereocenters. The van der Waals surface area contributed by atoms with Gasteiger partial charge in [-0.15, -0.1) is 0 Å². The molecule has 1 nitrogen and oxygen atoms in total. The Morgan fingerprint density at radius 1 is 1.43 bits per heavy atom. The maximum Gasteiger partial charge on any atom is 0.102 e. The van der Waals surface area contributed by atoms with Gasteiger partial charge in [-0.25, -0.2) is 5.11 Å². The molecule has 0 aliphatic heterocycles. The van der Waals surface area contributed by atoms with Gasteiger partial charge in [0.2, 0.25) is 0 Å². The van der Waals surface area contributed by atoms with E-state index >= 15 is 0 Å². The summed E-state index contributed by atoms with van der Waals surface area (Å²) in [5, 5.41) is 10.6. The fourth-order valence-electron chi connectivity index (χ4n) is 0.840. The molecule has 0 heterocycles. The summed E-state index contributed by atoms with van der Waals surface area (Å²) in [6, 6.07) is 0. The van der Waals surface area contributed by atoms with E-state index < -0.39 is 0 Å². The van der Waals surface area contributed by atoms with Gasteiger partial charge in [-0.1, -0.05) is 20.8 Å². The van der Waals surface area contributed by atoms with Crippen LogP contribution in [0.5, 0.6) is 0 Å². The quantitative estimate of drug-likeness (QED) is 0.438. The molecule has 1 fully saturated rings. The molecule has 0 aromatic heterocycles. The molecule has 0 amide bonds. The average molecular weight is 99.2 g/mol. The summed E-state index contributed by atoms with van der Waals surface area (Å²) in [6.07, 6.45) is -0.285. The Morgan fingerprint density at radius 2 is 1.57 bits per heavy atom. The van der Waals surface area contributed by atoms with E-state index in [-0.39, 0.29) is 11.5 Å². The second-order valence-electron chi connectivity index (χ2n) is 3.03. The molecule has 1 aliphatic rings. The third kappa shape index (κ3) is 0.480. The first-order valence-electron chi connectivity index (χ1n) is 2.72. The van der Waals surface area contributed by atoms with Crippen molar-refractivity contribution in [2.24, 2.45) is 11.3 Å². The number of hydrogen-bond acceptors (Lipinski definition) is 0. The Labute approximate surface area is 44.4 Å². The highest BCUT2D eigenvalue weighted by molar-refractivity contribution is 5.02. The Morgan fingerprint density at radius 3 is 1.57 bits per heavy atom. The highest BCUT2D eigenvalue weighted by Crippen LogP contribution is 2.51. The van der Waals surface area contributed by atoms with Gasteiger partial charge in [0, 0.05) is 0 Å². The summed E-state index contributed by atoms with van der Waals surface area (Å²) in [5.74, 6) is 0.410. The zero-order valence-electron chi connectivity index (χ0n) is 5.06. The molecule has 0 N–H and O–H groups in total. The lowest BCUT2D eigenvalue weighted by Gasteiger charge is -1.91. The van der Waals surface area contributed by atoms with Crippen LogP contribution in [0.25, 0.3) is 0 Å². The van der Waals surface area contributed by atoms with Crippen LogP contribution in [0.4, 0.5) is 0 Å². The molecular weight excluding hydrogens is 88.1 g/mol. The van der Waals surface area contributed by atoms with Crippen molar-refractivity contribution < 1.29 is 5.11 Å². The summed E-state index contributed by atoms with van der Waals surface area (Å²) in [6.45, 7) is 6.06. The minimum Gasteiger partial charge on any atom is -0.232 e. The highest BCUT2D eigenvalue weighted by atomic mass is 16.3. The lowest BCUT2D eigenvalue weighted by Crippen LogP contribution is -1.89. The minimum atomic E-state index is -0.285. The van der Waals surface area contributed by atoms with Gasteiger partial charge in [0.25, 0.3) is 0 Å². The zero-order chi connectivity index (χ0) is 5.65. The maximum atomic E-state index is 10.6. The molecule has 1 heteroatoms. The molecule has 1 saturated carbocycles. The molecule has 0 saturated heterocycles. The molecular formula is C6H11O. The zero-order valence-corrected chi connectivity index (χ0v) is 5.06. The van der Waals surface area contributed by atoms with Crippen LogP contribution in [-0.4, -0.2) is 6.10 Å². The Balaban J connectivity index is 2.52. The summed E-state index contributed by atoms with van der Waals surface area (Å²) in [5.41, 5.74) is 0.111. The molecule has 1 radical (unpaired) electrons. The second kappa shape index (κ2) is 1.03. The Bertz CT molecular complexity index is 76.2. The monoisotopic (exact) mass is 99.1 g/mol. The van der Waals surface area contributed by atoms with E-state index in [1.807, 2.05) is 20.8 Å². The Hall–Kier alpha value is -0.0400. The van der Waals surface area contributed by atoms with Gasteiger partial charge in [-0.2, -0.15) is 0 Å². The number of hydrogen-bond donors (Lipinski definition) is 0. The van der Waals surface area contributed by atoms with Gasteiger partial charge in [-0.05, 0) is 11.3 Å². The molecule has 0 spiro atoms. The third-order valence-electron chi connectivity index (χ3n) is 2.25. The standard InChI is InChI=1S/C6H11O/c1-4-5(7)6(4,2)3/h4-5H,1-3H3. The van der Waals surface area contributed by atoms with Crippen molar-refractivity contribution in [2.75, 3.05) is 0 Å². The average Bonchev–Trinajstić information content (AvgIpc) is 1.91. The van der Waals surface area contributed by atoms with E-state index in [2.05, 4.69) is 0 Å². The predicted octanol–water partition coefficient (Wildman–Crippen LogP) is 1.46. The largest absolute Gasteiger partial charge is 0.232 e. The Kier molecular flexibility index (Phi) is 0.747. The van der Waals surface area contributed by atoms with Crippen molar-refractivity contribution in [1.82, 2.24) is 0 Å². The molecule has 7 heavy (non-hydrogen) atoms. The van der Waals surface area contributed by atoms with E-state index in [9.17, 15) is 5.11 Å². The summed E-state index contributed by atoms with van der Waals surface area (Å²) in [4.78, 5) is 0. The van der Waals surface area contributed by atoms with Crippen LogP contribution in [0.2, 0.25) is 0 Å². The first-order valence-corrected chi connectivity index (χ1v) is 2.72. The van der Waals surface area contributed by atoms with Crippen LogP contribution in [0, 0.1) is 11.3 Å². The van der Waals surface area contributed by atoms with Gasteiger partial charge in [-0.3, -0.25) is 0 Å². The van der Waals surface area contributed by atoms with Crippen LogP contribution in [0.3, 0.4) is 0 Å².